The van der Waals surface area contributed by atoms with E-state index in [1.165, 1.54) is 11.1 Å². The van der Waals surface area contributed by atoms with E-state index in [9.17, 15) is 4.79 Å². The van der Waals surface area contributed by atoms with Gasteiger partial charge in [-0.3, -0.25) is 4.79 Å². The van der Waals surface area contributed by atoms with Crippen LogP contribution in [0.3, 0.4) is 0 Å². The molecule has 108 valence electrons. The van der Waals surface area contributed by atoms with Crippen molar-refractivity contribution in [1.29, 1.82) is 0 Å². The monoisotopic (exact) mass is 280 g/mol. The third-order valence-corrected chi connectivity index (χ3v) is 3.35. The lowest BCUT2D eigenvalue weighted by atomic mass is 10.1. The lowest BCUT2D eigenvalue weighted by molar-refractivity contribution is -0.112. The summed E-state index contributed by atoms with van der Waals surface area (Å²) in [6.07, 6.45) is 3.39. The molecule has 0 bridgehead atoms. The standard InChI is InChI=1S/C19H20O2/c1-14-6-4-5-7-18(14)13-21-19-11-10-17(12-15(19)2)9-8-16(3)20/h4-12H,13H2,1-3H3. The first-order chi connectivity index (χ1) is 10.1. The zero-order valence-electron chi connectivity index (χ0n) is 12.7. The molecule has 0 fully saturated rings. The highest BCUT2D eigenvalue weighted by atomic mass is 16.5. The number of carbonyl (C=O) groups excluding carboxylic acids is 1. The van der Waals surface area contributed by atoms with Gasteiger partial charge in [-0.2, -0.15) is 0 Å². The van der Waals surface area contributed by atoms with E-state index in [4.69, 9.17) is 4.74 Å². The van der Waals surface area contributed by atoms with E-state index in [-0.39, 0.29) is 5.78 Å². The molecule has 0 radical (unpaired) electrons. The van der Waals surface area contributed by atoms with Crippen LogP contribution in [0.5, 0.6) is 5.75 Å². The molecule has 0 aliphatic carbocycles. The molecule has 21 heavy (non-hydrogen) atoms. The van der Waals surface area contributed by atoms with Gasteiger partial charge in [0.2, 0.25) is 0 Å². The van der Waals surface area contributed by atoms with E-state index < -0.39 is 0 Å². The molecule has 0 heterocycles. The number of hydrogen-bond acceptors (Lipinski definition) is 2. The Morgan fingerprint density at radius 2 is 1.86 bits per heavy atom. The maximum atomic E-state index is 10.9. The van der Waals surface area contributed by atoms with Crippen molar-refractivity contribution in [3.8, 4) is 5.75 Å². The highest BCUT2D eigenvalue weighted by Gasteiger charge is 2.02. The molecule has 0 unspecified atom stereocenters. The van der Waals surface area contributed by atoms with Crippen molar-refractivity contribution < 1.29 is 9.53 Å². The topological polar surface area (TPSA) is 26.3 Å². The van der Waals surface area contributed by atoms with Crippen molar-refractivity contribution in [2.45, 2.75) is 27.4 Å². The first-order valence-electron chi connectivity index (χ1n) is 7.03. The van der Waals surface area contributed by atoms with Gasteiger partial charge in [0, 0.05) is 0 Å². The molecular formula is C19H20O2. The van der Waals surface area contributed by atoms with Crippen LogP contribution in [-0.4, -0.2) is 5.78 Å². The van der Waals surface area contributed by atoms with Crippen LogP contribution in [0.2, 0.25) is 0 Å². The van der Waals surface area contributed by atoms with Crippen LogP contribution in [0.4, 0.5) is 0 Å². The number of benzene rings is 2. The lowest BCUT2D eigenvalue weighted by Gasteiger charge is -2.11. The molecule has 2 heteroatoms. The Kier molecular flexibility index (Phi) is 4.94. The van der Waals surface area contributed by atoms with Gasteiger partial charge >= 0.3 is 0 Å². The van der Waals surface area contributed by atoms with Gasteiger partial charge < -0.3 is 4.74 Å². The molecule has 0 saturated heterocycles. The summed E-state index contributed by atoms with van der Waals surface area (Å²) >= 11 is 0. The second kappa shape index (κ2) is 6.89. The SMILES string of the molecule is CC(=O)C=Cc1ccc(OCc2ccccc2C)c(C)c1. The first kappa shape index (κ1) is 15.0. The van der Waals surface area contributed by atoms with Gasteiger partial charge in [-0.1, -0.05) is 36.4 Å². The van der Waals surface area contributed by atoms with Crippen molar-refractivity contribution in [3.05, 3.63) is 70.8 Å². The molecule has 0 aromatic heterocycles. The summed E-state index contributed by atoms with van der Waals surface area (Å²) < 4.78 is 5.89. The van der Waals surface area contributed by atoms with Gasteiger partial charge in [-0.25, -0.2) is 0 Å². The lowest BCUT2D eigenvalue weighted by Crippen LogP contribution is -1.99. The van der Waals surface area contributed by atoms with Crippen LogP contribution in [0, 0.1) is 13.8 Å². The minimum atomic E-state index is 0.0486. The molecule has 0 amide bonds. The van der Waals surface area contributed by atoms with Crippen LogP contribution in [0.15, 0.2) is 48.5 Å². The number of ether oxygens (including phenoxy) is 1. The van der Waals surface area contributed by atoms with Gasteiger partial charge in [0.1, 0.15) is 12.4 Å². The molecule has 2 aromatic rings. The highest BCUT2D eigenvalue weighted by Crippen LogP contribution is 2.21. The fourth-order valence-corrected chi connectivity index (χ4v) is 2.08. The second-order valence-corrected chi connectivity index (χ2v) is 5.18. The first-order valence-corrected chi connectivity index (χ1v) is 7.03. The molecule has 2 rings (SSSR count). The summed E-state index contributed by atoms with van der Waals surface area (Å²) in [5.74, 6) is 0.922. The zero-order chi connectivity index (χ0) is 15.2. The summed E-state index contributed by atoms with van der Waals surface area (Å²) in [5.41, 5.74) is 4.49. The van der Waals surface area contributed by atoms with Crippen molar-refractivity contribution in [3.63, 3.8) is 0 Å². The third-order valence-electron chi connectivity index (χ3n) is 3.35. The van der Waals surface area contributed by atoms with Crippen molar-refractivity contribution in [2.24, 2.45) is 0 Å². The quantitative estimate of drug-likeness (QED) is 0.755. The van der Waals surface area contributed by atoms with Crippen LogP contribution in [0.25, 0.3) is 6.08 Å². The van der Waals surface area contributed by atoms with Gasteiger partial charge in [0.05, 0.1) is 0 Å². The number of aryl methyl sites for hydroxylation is 2. The van der Waals surface area contributed by atoms with Crippen LogP contribution >= 0.6 is 0 Å². The summed E-state index contributed by atoms with van der Waals surface area (Å²) in [6, 6.07) is 14.1. The van der Waals surface area contributed by atoms with Gasteiger partial charge in [0.25, 0.3) is 0 Å². The van der Waals surface area contributed by atoms with Crippen LogP contribution in [0.1, 0.15) is 29.2 Å². The predicted octanol–water partition coefficient (Wildman–Crippen LogP) is 4.48. The maximum absolute atomic E-state index is 10.9. The zero-order valence-corrected chi connectivity index (χ0v) is 12.7. The number of ketones is 1. The van der Waals surface area contributed by atoms with Crippen LogP contribution < -0.4 is 4.74 Å². The Labute approximate surface area is 126 Å². The average Bonchev–Trinajstić information content (AvgIpc) is 2.45. The van der Waals surface area contributed by atoms with E-state index in [1.807, 2.05) is 43.3 Å². The molecule has 0 saturated carbocycles. The summed E-state index contributed by atoms with van der Waals surface area (Å²) in [6.45, 7) is 6.21. The Balaban J connectivity index is 2.08. The second-order valence-electron chi connectivity index (χ2n) is 5.18. The summed E-state index contributed by atoms with van der Waals surface area (Å²) in [5, 5.41) is 0. The van der Waals surface area contributed by atoms with E-state index >= 15 is 0 Å². The molecule has 0 aliphatic rings. The van der Waals surface area contributed by atoms with E-state index in [0.29, 0.717) is 6.61 Å². The molecule has 0 aliphatic heterocycles. The third kappa shape index (κ3) is 4.32. The van der Waals surface area contributed by atoms with Crippen molar-refractivity contribution in [2.75, 3.05) is 0 Å². The number of allylic oxidation sites excluding steroid dienone is 1. The summed E-state index contributed by atoms with van der Waals surface area (Å²) in [4.78, 5) is 10.9. The smallest absolute Gasteiger partial charge is 0.152 e. The fraction of sp³-hybridized carbons (Fsp3) is 0.211. The number of carbonyl (C=O) groups is 1. The Morgan fingerprint density at radius 1 is 1.10 bits per heavy atom. The molecule has 0 N–H and O–H groups in total. The van der Waals surface area contributed by atoms with Crippen molar-refractivity contribution >= 4 is 11.9 Å². The Hall–Kier alpha value is -2.35. The van der Waals surface area contributed by atoms with Crippen LogP contribution in [-0.2, 0) is 11.4 Å². The maximum Gasteiger partial charge on any atom is 0.152 e. The minimum Gasteiger partial charge on any atom is -0.489 e. The van der Waals surface area contributed by atoms with Gasteiger partial charge in [0.15, 0.2) is 5.78 Å². The molecule has 0 spiro atoms. The van der Waals surface area contributed by atoms with Crippen molar-refractivity contribution in [1.82, 2.24) is 0 Å². The number of rotatable bonds is 5. The van der Waals surface area contributed by atoms with Gasteiger partial charge in [-0.15, -0.1) is 0 Å². The van der Waals surface area contributed by atoms with E-state index in [1.54, 1.807) is 13.0 Å². The average molecular weight is 280 g/mol. The normalized spacial score (nSPS) is 10.8. The Bertz CT molecular complexity index is 669. The highest BCUT2D eigenvalue weighted by molar-refractivity contribution is 5.91. The fourth-order valence-electron chi connectivity index (χ4n) is 2.08. The molecule has 2 nitrogen and oxygen atoms in total. The Morgan fingerprint density at radius 3 is 2.52 bits per heavy atom. The molecular weight excluding hydrogens is 260 g/mol. The molecule has 0 atom stereocenters. The number of hydrogen-bond donors (Lipinski definition) is 0. The summed E-state index contributed by atoms with van der Waals surface area (Å²) in [7, 11) is 0. The van der Waals surface area contributed by atoms with Gasteiger partial charge in [-0.05, 0) is 61.2 Å². The predicted molar refractivity (Wildman–Crippen MR) is 86.4 cm³/mol. The molecule has 2 aromatic carbocycles. The minimum absolute atomic E-state index is 0.0486. The largest absolute Gasteiger partial charge is 0.489 e. The van der Waals surface area contributed by atoms with E-state index in [2.05, 4.69) is 19.1 Å². The van der Waals surface area contributed by atoms with E-state index in [0.717, 1.165) is 16.9 Å².